The van der Waals surface area contributed by atoms with Gasteiger partial charge in [-0.15, -0.1) is 0 Å². The van der Waals surface area contributed by atoms with Gasteiger partial charge in [-0.2, -0.15) is 0 Å². The van der Waals surface area contributed by atoms with Gasteiger partial charge in [0.25, 0.3) is 0 Å². The molecule has 1 unspecified atom stereocenters. The van der Waals surface area contributed by atoms with E-state index in [9.17, 15) is 0 Å². The maximum atomic E-state index is 2.36. The van der Waals surface area contributed by atoms with Gasteiger partial charge < -0.3 is 0 Å². The van der Waals surface area contributed by atoms with Crippen LogP contribution in [-0.2, 0) is 0 Å². The zero-order valence-corrected chi connectivity index (χ0v) is 10.3. The first-order chi connectivity index (χ1) is 5.95. The molecular formula is C13H28. The maximum absolute atomic E-state index is 2.36. The summed E-state index contributed by atoms with van der Waals surface area (Å²) in [7, 11) is 0. The van der Waals surface area contributed by atoms with Crippen molar-refractivity contribution in [2.24, 2.45) is 11.3 Å². The molecule has 0 radical (unpaired) electrons. The van der Waals surface area contributed by atoms with Crippen molar-refractivity contribution in [1.82, 2.24) is 0 Å². The zero-order valence-electron chi connectivity index (χ0n) is 10.3. The monoisotopic (exact) mass is 184 g/mol. The first kappa shape index (κ1) is 13.0. The highest BCUT2D eigenvalue weighted by Crippen LogP contribution is 2.23. The van der Waals surface area contributed by atoms with Crippen molar-refractivity contribution in [3.8, 4) is 0 Å². The summed E-state index contributed by atoms with van der Waals surface area (Å²) in [6, 6.07) is 0. The Kier molecular flexibility index (Phi) is 6.45. The fourth-order valence-electron chi connectivity index (χ4n) is 1.53. The third kappa shape index (κ3) is 9.92. The zero-order chi connectivity index (χ0) is 10.3. The highest BCUT2D eigenvalue weighted by atomic mass is 14.1. The summed E-state index contributed by atoms with van der Waals surface area (Å²) in [5, 5.41) is 0. The number of rotatable bonds is 6. The largest absolute Gasteiger partial charge is 0.0651 e. The van der Waals surface area contributed by atoms with Crippen LogP contribution in [0.25, 0.3) is 0 Å². The number of unbranched alkanes of at least 4 members (excludes halogenated alkanes) is 2. The van der Waals surface area contributed by atoms with E-state index in [0.717, 1.165) is 5.92 Å². The Morgan fingerprint density at radius 1 is 1.00 bits per heavy atom. The number of hydrogen-bond acceptors (Lipinski definition) is 0. The van der Waals surface area contributed by atoms with Crippen LogP contribution in [0.5, 0.6) is 0 Å². The molecule has 0 bridgehead atoms. The lowest BCUT2D eigenvalue weighted by molar-refractivity contribution is 0.352. The first-order valence-corrected chi connectivity index (χ1v) is 5.95. The quantitative estimate of drug-likeness (QED) is 0.508. The summed E-state index contributed by atoms with van der Waals surface area (Å²) in [4.78, 5) is 0. The van der Waals surface area contributed by atoms with Crippen molar-refractivity contribution in [3.63, 3.8) is 0 Å². The van der Waals surface area contributed by atoms with Crippen LogP contribution in [0.3, 0.4) is 0 Å². The van der Waals surface area contributed by atoms with Crippen LogP contribution in [-0.4, -0.2) is 0 Å². The molecule has 0 aromatic carbocycles. The molecular weight excluding hydrogens is 156 g/mol. The summed E-state index contributed by atoms with van der Waals surface area (Å²) in [6.07, 6.45) is 8.44. The summed E-state index contributed by atoms with van der Waals surface area (Å²) in [6.45, 7) is 11.7. The van der Waals surface area contributed by atoms with Crippen molar-refractivity contribution in [2.75, 3.05) is 0 Å². The van der Waals surface area contributed by atoms with Gasteiger partial charge in [0, 0.05) is 0 Å². The Bertz CT molecular complexity index is 108. The van der Waals surface area contributed by atoms with E-state index in [0.29, 0.717) is 5.41 Å². The molecule has 0 saturated heterocycles. The smallest absolute Gasteiger partial charge is 0.0383 e. The van der Waals surface area contributed by atoms with E-state index in [1.807, 2.05) is 0 Å². The topological polar surface area (TPSA) is 0 Å². The second-order valence-corrected chi connectivity index (χ2v) is 5.67. The molecule has 0 N–H and O–H groups in total. The van der Waals surface area contributed by atoms with Gasteiger partial charge in [-0.25, -0.2) is 0 Å². The van der Waals surface area contributed by atoms with E-state index in [4.69, 9.17) is 0 Å². The first-order valence-electron chi connectivity index (χ1n) is 5.95. The molecule has 0 fully saturated rings. The van der Waals surface area contributed by atoms with E-state index < -0.39 is 0 Å². The van der Waals surface area contributed by atoms with Crippen molar-refractivity contribution in [3.05, 3.63) is 0 Å². The van der Waals surface area contributed by atoms with Crippen LogP contribution in [0.15, 0.2) is 0 Å². The molecule has 0 heterocycles. The molecule has 0 heteroatoms. The summed E-state index contributed by atoms with van der Waals surface area (Å²) < 4.78 is 0. The molecule has 0 saturated carbocycles. The third-order valence-corrected chi connectivity index (χ3v) is 2.82. The van der Waals surface area contributed by atoms with Gasteiger partial charge >= 0.3 is 0 Å². The Morgan fingerprint density at radius 3 is 2.08 bits per heavy atom. The lowest BCUT2D eigenvalue weighted by Crippen LogP contribution is -2.04. The Labute approximate surface area is 85.1 Å². The van der Waals surface area contributed by atoms with Crippen LogP contribution in [0.4, 0.5) is 0 Å². The molecule has 0 aliphatic heterocycles. The van der Waals surface area contributed by atoms with Crippen LogP contribution >= 0.6 is 0 Å². The average molecular weight is 184 g/mol. The minimum absolute atomic E-state index is 0.538. The average Bonchev–Trinajstić information content (AvgIpc) is 2.01. The van der Waals surface area contributed by atoms with E-state index in [2.05, 4.69) is 34.6 Å². The SMILES string of the molecule is CCC(C)CCCCCC(C)(C)C. The van der Waals surface area contributed by atoms with E-state index in [1.165, 1.54) is 38.5 Å². The fourth-order valence-corrected chi connectivity index (χ4v) is 1.53. The van der Waals surface area contributed by atoms with Crippen LogP contribution in [0, 0.1) is 11.3 Å². The molecule has 80 valence electrons. The van der Waals surface area contributed by atoms with Gasteiger partial charge in [0.2, 0.25) is 0 Å². The standard InChI is InChI=1S/C13H28/c1-6-12(2)10-8-7-9-11-13(3,4)5/h12H,6-11H2,1-5H3. The Balaban J connectivity index is 3.18. The van der Waals surface area contributed by atoms with Crippen molar-refractivity contribution < 1.29 is 0 Å². The second-order valence-electron chi connectivity index (χ2n) is 5.67. The Morgan fingerprint density at radius 2 is 1.62 bits per heavy atom. The van der Waals surface area contributed by atoms with E-state index in [-0.39, 0.29) is 0 Å². The van der Waals surface area contributed by atoms with Gasteiger partial charge in [0.15, 0.2) is 0 Å². The fraction of sp³-hybridized carbons (Fsp3) is 1.00. The van der Waals surface area contributed by atoms with Crippen molar-refractivity contribution in [2.45, 2.75) is 73.1 Å². The normalized spacial score (nSPS) is 14.5. The molecule has 0 spiro atoms. The second kappa shape index (κ2) is 6.45. The molecule has 0 aliphatic rings. The van der Waals surface area contributed by atoms with E-state index >= 15 is 0 Å². The third-order valence-electron chi connectivity index (χ3n) is 2.82. The number of hydrogen-bond donors (Lipinski definition) is 0. The highest BCUT2D eigenvalue weighted by molar-refractivity contribution is 4.61. The Hall–Kier alpha value is 0. The van der Waals surface area contributed by atoms with Crippen LogP contribution < -0.4 is 0 Å². The molecule has 0 aromatic heterocycles. The lowest BCUT2D eigenvalue weighted by Gasteiger charge is -2.17. The molecule has 0 aromatic rings. The minimum atomic E-state index is 0.538. The van der Waals surface area contributed by atoms with Gasteiger partial charge in [0.05, 0.1) is 0 Å². The van der Waals surface area contributed by atoms with Gasteiger partial charge in [-0.05, 0) is 17.8 Å². The van der Waals surface area contributed by atoms with Crippen molar-refractivity contribution >= 4 is 0 Å². The molecule has 1 atom stereocenters. The molecule has 0 rings (SSSR count). The predicted octanol–water partition coefficient (Wildman–Crippen LogP) is 5.03. The predicted molar refractivity (Wildman–Crippen MR) is 62.0 cm³/mol. The minimum Gasteiger partial charge on any atom is -0.0651 e. The molecule has 13 heavy (non-hydrogen) atoms. The van der Waals surface area contributed by atoms with Crippen molar-refractivity contribution in [1.29, 1.82) is 0 Å². The van der Waals surface area contributed by atoms with Gasteiger partial charge in [-0.3, -0.25) is 0 Å². The molecule has 0 amide bonds. The summed E-state index contributed by atoms with van der Waals surface area (Å²) in [5.74, 6) is 0.939. The van der Waals surface area contributed by atoms with Gasteiger partial charge in [-0.1, -0.05) is 66.7 Å². The van der Waals surface area contributed by atoms with Crippen LogP contribution in [0.1, 0.15) is 73.1 Å². The summed E-state index contributed by atoms with van der Waals surface area (Å²) >= 11 is 0. The molecule has 0 aliphatic carbocycles. The van der Waals surface area contributed by atoms with Crippen LogP contribution in [0.2, 0.25) is 0 Å². The maximum Gasteiger partial charge on any atom is -0.0383 e. The molecule has 0 nitrogen and oxygen atoms in total. The summed E-state index contributed by atoms with van der Waals surface area (Å²) in [5.41, 5.74) is 0.538. The van der Waals surface area contributed by atoms with E-state index in [1.54, 1.807) is 0 Å². The highest BCUT2D eigenvalue weighted by Gasteiger charge is 2.08. The lowest BCUT2D eigenvalue weighted by atomic mass is 9.89. The van der Waals surface area contributed by atoms with Gasteiger partial charge in [0.1, 0.15) is 0 Å².